The van der Waals surface area contributed by atoms with E-state index in [4.69, 9.17) is 0 Å². The van der Waals surface area contributed by atoms with Crippen LogP contribution < -0.4 is 5.32 Å². The van der Waals surface area contributed by atoms with Gasteiger partial charge in [0.2, 0.25) is 11.8 Å². The summed E-state index contributed by atoms with van der Waals surface area (Å²) in [6.45, 7) is 2.36. The van der Waals surface area contributed by atoms with Crippen LogP contribution in [0.5, 0.6) is 0 Å². The third-order valence-electron chi connectivity index (χ3n) is 6.21. The number of imide groups is 1. The molecule has 8 nitrogen and oxygen atoms in total. The van der Waals surface area contributed by atoms with Crippen LogP contribution in [-0.4, -0.2) is 70.7 Å². The summed E-state index contributed by atoms with van der Waals surface area (Å²) < 4.78 is 0. The number of likely N-dealkylation sites (tertiary alicyclic amines) is 2. The van der Waals surface area contributed by atoms with E-state index in [0.29, 0.717) is 19.4 Å². The van der Waals surface area contributed by atoms with Crippen LogP contribution in [0, 0.1) is 0 Å². The number of hydrogen-bond acceptors (Lipinski definition) is 4. The highest BCUT2D eigenvalue weighted by Crippen LogP contribution is 2.24. The molecule has 0 bridgehead atoms. The highest BCUT2D eigenvalue weighted by Gasteiger charge is 2.39. The Kier molecular flexibility index (Phi) is 6.01. The van der Waals surface area contributed by atoms with Crippen molar-refractivity contribution in [3.8, 4) is 0 Å². The van der Waals surface area contributed by atoms with E-state index in [-0.39, 0.29) is 36.7 Å². The SMILES string of the molecule is O=C(C1CCCN1C(=O)CCCN1C(=O)NC(c2ccccc2)C1=O)N1CCCC1. The van der Waals surface area contributed by atoms with E-state index in [1.165, 1.54) is 4.90 Å². The average molecular weight is 412 g/mol. The summed E-state index contributed by atoms with van der Waals surface area (Å²) in [4.78, 5) is 55.1. The molecule has 1 N–H and O–H groups in total. The summed E-state index contributed by atoms with van der Waals surface area (Å²) in [6, 6.07) is 7.67. The monoisotopic (exact) mass is 412 g/mol. The van der Waals surface area contributed by atoms with Crippen LogP contribution in [0.25, 0.3) is 0 Å². The maximum atomic E-state index is 12.7. The second-order valence-corrected chi connectivity index (χ2v) is 8.16. The molecule has 3 saturated heterocycles. The van der Waals surface area contributed by atoms with Crippen molar-refractivity contribution in [2.75, 3.05) is 26.2 Å². The number of amides is 5. The predicted octanol–water partition coefficient (Wildman–Crippen LogP) is 1.67. The van der Waals surface area contributed by atoms with Gasteiger partial charge in [-0.25, -0.2) is 4.79 Å². The lowest BCUT2D eigenvalue weighted by Crippen LogP contribution is -2.47. The van der Waals surface area contributed by atoms with Gasteiger partial charge in [0.15, 0.2) is 0 Å². The van der Waals surface area contributed by atoms with Gasteiger partial charge < -0.3 is 15.1 Å². The second-order valence-electron chi connectivity index (χ2n) is 8.16. The fraction of sp³-hybridized carbons (Fsp3) is 0.545. The lowest BCUT2D eigenvalue weighted by molar-refractivity contribution is -0.143. The van der Waals surface area contributed by atoms with Crippen LogP contribution in [0.15, 0.2) is 30.3 Å². The molecule has 5 amide bonds. The standard InChI is InChI=1S/C22H28N4O4/c27-18(25-14-6-10-17(25)20(28)24-12-4-5-13-24)11-7-15-26-21(29)19(23-22(26)30)16-8-2-1-3-9-16/h1-3,8-9,17,19H,4-7,10-15H2,(H,23,30). The molecule has 2 atom stereocenters. The third-order valence-corrected chi connectivity index (χ3v) is 6.21. The summed E-state index contributed by atoms with van der Waals surface area (Å²) in [5, 5.41) is 2.71. The van der Waals surface area contributed by atoms with Gasteiger partial charge in [-0.3, -0.25) is 19.3 Å². The summed E-state index contributed by atoms with van der Waals surface area (Å²) in [6.07, 6.45) is 4.22. The van der Waals surface area contributed by atoms with E-state index in [2.05, 4.69) is 5.32 Å². The number of carbonyl (C=O) groups excluding carboxylic acids is 4. The van der Waals surface area contributed by atoms with Gasteiger partial charge >= 0.3 is 6.03 Å². The van der Waals surface area contributed by atoms with Crippen molar-refractivity contribution in [1.29, 1.82) is 0 Å². The van der Waals surface area contributed by atoms with E-state index in [1.54, 1.807) is 17.0 Å². The first kappa shape index (κ1) is 20.4. The fourth-order valence-electron chi connectivity index (χ4n) is 4.60. The normalized spacial score (nSPS) is 23.9. The minimum Gasteiger partial charge on any atom is -0.341 e. The van der Waals surface area contributed by atoms with Gasteiger partial charge in [0.05, 0.1) is 0 Å². The summed E-state index contributed by atoms with van der Waals surface area (Å²) in [5.41, 5.74) is 0.745. The van der Waals surface area contributed by atoms with Crippen LogP contribution in [0.4, 0.5) is 4.79 Å². The molecule has 0 aromatic heterocycles. The van der Waals surface area contributed by atoms with Crippen molar-refractivity contribution in [2.45, 2.75) is 50.6 Å². The first-order chi connectivity index (χ1) is 14.6. The Morgan fingerprint density at radius 3 is 2.47 bits per heavy atom. The Morgan fingerprint density at radius 1 is 1.00 bits per heavy atom. The first-order valence-electron chi connectivity index (χ1n) is 10.8. The van der Waals surface area contributed by atoms with Crippen molar-refractivity contribution < 1.29 is 19.2 Å². The Balaban J connectivity index is 1.29. The fourth-order valence-corrected chi connectivity index (χ4v) is 4.60. The van der Waals surface area contributed by atoms with Gasteiger partial charge in [-0.2, -0.15) is 0 Å². The Hall–Kier alpha value is -2.90. The highest BCUT2D eigenvalue weighted by molar-refractivity contribution is 6.04. The van der Waals surface area contributed by atoms with Crippen LogP contribution in [0.1, 0.15) is 50.1 Å². The van der Waals surface area contributed by atoms with Crippen molar-refractivity contribution >= 4 is 23.8 Å². The summed E-state index contributed by atoms with van der Waals surface area (Å²) >= 11 is 0. The second kappa shape index (κ2) is 8.85. The first-order valence-corrected chi connectivity index (χ1v) is 10.8. The number of benzene rings is 1. The van der Waals surface area contributed by atoms with Crippen LogP contribution in [0.3, 0.4) is 0 Å². The molecule has 30 heavy (non-hydrogen) atoms. The number of carbonyl (C=O) groups is 4. The molecule has 3 fully saturated rings. The van der Waals surface area contributed by atoms with E-state index >= 15 is 0 Å². The van der Waals surface area contributed by atoms with Gasteiger partial charge in [0.1, 0.15) is 12.1 Å². The Labute approximate surface area is 176 Å². The maximum absolute atomic E-state index is 12.7. The molecule has 0 aliphatic carbocycles. The molecule has 2 unspecified atom stereocenters. The smallest absolute Gasteiger partial charge is 0.325 e. The molecule has 0 saturated carbocycles. The molecule has 0 spiro atoms. The van der Waals surface area contributed by atoms with E-state index in [0.717, 1.165) is 37.9 Å². The molecule has 1 aromatic carbocycles. The zero-order chi connectivity index (χ0) is 21.1. The average Bonchev–Trinajstić information content (AvgIpc) is 3.50. The van der Waals surface area contributed by atoms with Crippen molar-refractivity contribution in [1.82, 2.24) is 20.0 Å². The molecule has 3 aliphatic rings. The van der Waals surface area contributed by atoms with Gasteiger partial charge in [-0.1, -0.05) is 30.3 Å². The molecule has 8 heteroatoms. The Morgan fingerprint density at radius 2 is 1.73 bits per heavy atom. The maximum Gasteiger partial charge on any atom is 0.325 e. The molecule has 4 rings (SSSR count). The lowest BCUT2D eigenvalue weighted by atomic mass is 10.1. The van der Waals surface area contributed by atoms with Crippen LogP contribution in [0.2, 0.25) is 0 Å². The molecule has 3 heterocycles. The molecule has 160 valence electrons. The molecule has 0 radical (unpaired) electrons. The minimum atomic E-state index is -0.671. The van der Waals surface area contributed by atoms with Crippen molar-refractivity contribution in [2.24, 2.45) is 0 Å². The highest BCUT2D eigenvalue weighted by atomic mass is 16.2. The van der Waals surface area contributed by atoms with Crippen LogP contribution in [-0.2, 0) is 14.4 Å². The number of nitrogens with zero attached hydrogens (tertiary/aromatic N) is 3. The zero-order valence-corrected chi connectivity index (χ0v) is 17.1. The van der Waals surface area contributed by atoms with Gasteiger partial charge in [-0.05, 0) is 37.7 Å². The zero-order valence-electron chi connectivity index (χ0n) is 17.1. The van der Waals surface area contributed by atoms with Crippen molar-refractivity contribution in [3.05, 3.63) is 35.9 Å². The van der Waals surface area contributed by atoms with E-state index in [9.17, 15) is 19.2 Å². The lowest BCUT2D eigenvalue weighted by Gasteiger charge is -2.28. The van der Waals surface area contributed by atoms with E-state index < -0.39 is 12.1 Å². The number of rotatable bonds is 6. The Bertz CT molecular complexity index is 822. The van der Waals surface area contributed by atoms with E-state index in [1.807, 2.05) is 23.1 Å². The largest absolute Gasteiger partial charge is 0.341 e. The molecular formula is C22H28N4O4. The van der Waals surface area contributed by atoms with Gasteiger partial charge in [0.25, 0.3) is 5.91 Å². The summed E-state index contributed by atoms with van der Waals surface area (Å²) in [5.74, 6) is -0.295. The number of nitrogens with one attached hydrogen (secondary N) is 1. The summed E-state index contributed by atoms with van der Waals surface area (Å²) in [7, 11) is 0. The quantitative estimate of drug-likeness (QED) is 0.720. The van der Waals surface area contributed by atoms with Crippen LogP contribution >= 0.6 is 0 Å². The molecule has 1 aromatic rings. The van der Waals surface area contributed by atoms with Gasteiger partial charge in [-0.15, -0.1) is 0 Å². The predicted molar refractivity (Wildman–Crippen MR) is 109 cm³/mol. The molecular weight excluding hydrogens is 384 g/mol. The number of hydrogen-bond donors (Lipinski definition) is 1. The topological polar surface area (TPSA) is 90.0 Å². The van der Waals surface area contributed by atoms with Crippen molar-refractivity contribution in [3.63, 3.8) is 0 Å². The molecule has 3 aliphatic heterocycles. The minimum absolute atomic E-state index is 0.0677. The van der Waals surface area contributed by atoms with Gasteiger partial charge in [0, 0.05) is 32.6 Å². The third kappa shape index (κ3) is 4.04. The number of urea groups is 1.